The van der Waals surface area contributed by atoms with Gasteiger partial charge in [0.2, 0.25) is 0 Å². The van der Waals surface area contributed by atoms with E-state index in [4.69, 9.17) is 23.7 Å². The van der Waals surface area contributed by atoms with E-state index in [-0.39, 0.29) is 24.2 Å². The Morgan fingerprint density at radius 1 is 1.04 bits per heavy atom. The Morgan fingerprint density at radius 2 is 1.84 bits per heavy atom. The third kappa shape index (κ3) is 8.98. The molecule has 3 unspecified atom stereocenters. The number of benzene rings is 2. The summed E-state index contributed by atoms with van der Waals surface area (Å²) in [7, 11) is 1.27. The highest BCUT2D eigenvalue weighted by Crippen LogP contribution is 2.42. The van der Waals surface area contributed by atoms with Crippen LogP contribution in [-0.4, -0.2) is 62.4 Å². The lowest BCUT2D eigenvalue weighted by Gasteiger charge is -2.32. The number of nitrogens with zero attached hydrogens (tertiary/aromatic N) is 2. The molecule has 0 aliphatic carbocycles. The molecule has 11 heteroatoms. The molecule has 0 aromatic heterocycles. The Bertz CT molecular complexity index is 1380. The smallest absolute Gasteiger partial charge is 0.336 e. The second-order valence-corrected chi connectivity index (χ2v) is 10.9. The van der Waals surface area contributed by atoms with Crippen LogP contribution in [-0.2, 0) is 35.0 Å². The molecule has 11 nitrogen and oxygen atoms in total. The summed E-state index contributed by atoms with van der Waals surface area (Å²) in [6.45, 7) is 5.49. The number of hydrogen-bond donors (Lipinski definition) is 0. The van der Waals surface area contributed by atoms with Gasteiger partial charge in [0.15, 0.2) is 6.29 Å². The monoisotopic (exact) mass is 622 g/mol. The van der Waals surface area contributed by atoms with Crippen molar-refractivity contribution in [3.63, 3.8) is 0 Å². The summed E-state index contributed by atoms with van der Waals surface area (Å²) in [6, 6.07) is 13.8. The standard InChI is InChI=1S/C34H42N2O9/c1-4-27-31(33(37)41-3)30(24-10-8-11-25(22-24)36(39)40)32(28(5-2)35-27)34(38)45-20-9-19-42-26-15-13-23(14-16-26)17-21-44-29-12-6-7-18-43-29/h8,10-11,13-16,22,29-31H,4-7,9,12,17-21H2,1-3H3. The molecule has 0 bridgehead atoms. The Morgan fingerprint density at radius 3 is 2.51 bits per heavy atom. The first-order valence-electron chi connectivity index (χ1n) is 15.6. The molecule has 2 aliphatic rings. The van der Waals surface area contributed by atoms with Crippen molar-refractivity contribution in [2.45, 2.75) is 71.0 Å². The predicted octanol–water partition coefficient (Wildman–Crippen LogP) is 6.09. The van der Waals surface area contributed by atoms with Crippen molar-refractivity contribution in [2.24, 2.45) is 10.9 Å². The number of allylic oxidation sites excluding steroid dienone is 1. The average molecular weight is 623 g/mol. The van der Waals surface area contributed by atoms with Crippen LogP contribution in [0.2, 0.25) is 0 Å². The zero-order valence-electron chi connectivity index (χ0n) is 26.2. The van der Waals surface area contributed by atoms with Gasteiger partial charge in [-0.1, -0.05) is 38.1 Å². The van der Waals surface area contributed by atoms with Gasteiger partial charge in [0.05, 0.1) is 43.1 Å². The number of aliphatic imine (C=N–C) groups is 1. The van der Waals surface area contributed by atoms with Gasteiger partial charge in [-0.2, -0.15) is 0 Å². The van der Waals surface area contributed by atoms with Crippen molar-refractivity contribution in [1.82, 2.24) is 0 Å². The van der Waals surface area contributed by atoms with Crippen LogP contribution >= 0.6 is 0 Å². The summed E-state index contributed by atoms with van der Waals surface area (Å²) in [5.74, 6) is -2.25. The molecule has 2 aliphatic heterocycles. The van der Waals surface area contributed by atoms with Crippen molar-refractivity contribution >= 4 is 23.3 Å². The number of esters is 2. The third-order valence-electron chi connectivity index (χ3n) is 7.95. The molecule has 0 N–H and O–H groups in total. The van der Waals surface area contributed by atoms with E-state index in [1.165, 1.54) is 25.3 Å². The summed E-state index contributed by atoms with van der Waals surface area (Å²) in [6.07, 6.45) is 5.15. The zero-order valence-corrected chi connectivity index (χ0v) is 26.2. The van der Waals surface area contributed by atoms with E-state index >= 15 is 0 Å². The van der Waals surface area contributed by atoms with Crippen molar-refractivity contribution in [3.05, 3.63) is 81.0 Å². The largest absolute Gasteiger partial charge is 0.493 e. The van der Waals surface area contributed by atoms with Gasteiger partial charge in [0, 0.05) is 36.8 Å². The molecule has 0 saturated carbocycles. The number of carbonyl (C=O) groups is 2. The number of hydrogen-bond acceptors (Lipinski definition) is 10. The molecule has 242 valence electrons. The number of non-ortho nitro benzene ring substituents is 1. The first-order chi connectivity index (χ1) is 21.9. The van der Waals surface area contributed by atoms with Gasteiger partial charge < -0.3 is 23.7 Å². The van der Waals surface area contributed by atoms with Crippen molar-refractivity contribution < 1.29 is 38.2 Å². The summed E-state index contributed by atoms with van der Waals surface area (Å²) < 4.78 is 28.0. The first kappa shape index (κ1) is 33.8. The summed E-state index contributed by atoms with van der Waals surface area (Å²) in [4.78, 5) is 42.3. The lowest BCUT2D eigenvalue weighted by atomic mass is 9.74. The molecule has 2 aromatic carbocycles. The quantitative estimate of drug-likeness (QED) is 0.1000. The lowest BCUT2D eigenvalue weighted by molar-refractivity contribution is -0.384. The minimum atomic E-state index is -0.918. The molecule has 1 saturated heterocycles. The number of carbonyl (C=O) groups excluding carboxylic acids is 2. The van der Waals surface area contributed by atoms with E-state index < -0.39 is 28.7 Å². The van der Waals surface area contributed by atoms with E-state index in [0.29, 0.717) is 55.2 Å². The number of nitro benzene ring substituents is 1. The Hall–Kier alpha value is -4.09. The van der Waals surface area contributed by atoms with Crippen LogP contribution in [0.4, 0.5) is 5.69 Å². The Kier molecular flexibility index (Phi) is 12.6. The van der Waals surface area contributed by atoms with Crippen LogP contribution in [0.25, 0.3) is 0 Å². The topological polar surface area (TPSA) is 136 Å². The molecular formula is C34H42N2O9. The van der Waals surface area contributed by atoms with Crippen molar-refractivity contribution in [2.75, 3.05) is 33.5 Å². The highest BCUT2D eigenvalue weighted by atomic mass is 16.7. The normalized spacial score (nSPS) is 19.9. The minimum absolute atomic E-state index is 0.0763. The molecule has 0 spiro atoms. The SMILES string of the molecule is CCC1=NC(CC)=C(C(=O)OCCCOc2ccc(CCOC3CCCCO3)cc2)C(c2cccc([N+](=O)[O-])c2)C1C(=O)OC. The van der Waals surface area contributed by atoms with E-state index in [1.54, 1.807) is 6.07 Å². The van der Waals surface area contributed by atoms with Gasteiger partial charge in [-0.05, 0) is 61.8 Å². The highest BCUT2D eigenvalue weighted by Gasteiger charge is 2.43. The lowest BCUT2D eigenvalue weighted by Crippen LogP contribution is -2.37. The van der Waals surface area contributed by atoms with E-state index in [1.807, 2.05) is 38.1 Å². The molecule has 2 aromatic rings. The maximum atomic E-state index is 13.6. The molecule has 45 heavy (non-hydrogen) atoms. The van der Waals surface area contributed by atoms with Crippen LogP contribution in [0.1, 0.15) is 69.4 Å². The first-order valence-corrected chi connectivity index (χ1v) is 15.6. The number of rotatable bonds is 15. The molecule has 2 heterocycles. The number of nitro groups is 1. The number of methoxy groups -OCH3 is 1. The highest BCUT2D eigenvalue weighted by molar-refractivity contribution is 6.07. The Balaban J connectivity index is 1.37. The van der Waals surface area contributed by atoms with Crippen LogP contribution in [0.15, 0.2) is 64.8 Å². The fraction of sp³-hybridized carbons (Fsp3) is 0.500. The van der Waals surface area contributed by atoms with Gasteiger partial charge in [-0.3, -0.25) is 19.9 Å². The fourth-order valence-corrected chi connectivity index (χ4v) is 5.64. The van der Waals surface area contributed by atoms with E-state index in [0.717, 1.165) is 37.9 Å². The molecule has 0 radical (unpaired) electrons. The van der Waals surface area contributed by atoms with Gasteiger partial charge in [0.25, 0.3) is 5.69 Å². The van der Waals surface area contributed by atoms with Crippen molar-refractivity contribution in [1.29, 1.82) is 0 Å². The Labute approximate surface area is 263 Å². The van der Waals surface area contributed by atoms with E-state index in [9.17, 15) is 19.7 Å². The molecular weight excluding hydrogens is 580 g/mol. The van der Waals surface area contributed by atoms with Crippen LogP contribution in [0.3, 0.4) is 0 Å². The minimum Gasteiger partial charge on any atom is -0.493 e. The van der Waals surface area contributed by atoms with Gasteiger partial charge in [-0.25, -0.2) is 4.79 Å². The summed E-state index contributed by atoms with van der Waals surface area (Å²) in [5.41, 5.74) is 2.69. The van der Waals surface area contributed by atoms with Crippen LogP contribution < -0.4 is 4.74 Å². The summed E-state index contributed by atoms with van der Waals surface area (Å²) >= 11 is 0. The molecule has 3 atom stereocenters. The predicted molar refractivity (Wildman–Crippen MR) is 167 cm³/mol. The summed E-state index contributed by atoms with van der Waals surface area (Å²) in [5, 5.41) is 11.5. The molecule has 1 fully saturated rings. The fourth-order valence-electron chi connectivity index (χ4n) is 5.64. The second-order valence-electron chi connectivity index (χ2n) is 10.9. The van der Waals surface area contributed by atoms with E-state index in [2.05, 4.69) is 4.99 Å². The van der Waals surface area contributed by atoms with Gasteiger partial charge in [0.1, 0.15) is 11.7 Å². The van der Waals surface area contributed by atoms with Gasteiger partial charge in [-0.15, -0.1) is 0 Å². The van der Waals surface area contributed by atoms with Crippen LogP contribution in [0, 0.1) is 16.0 Å². The second kappa shape index (κ2) is 16.8. The maximum absolute atomic E-state index is 13.6. The average Bonchev–Trinajstić information content (AvgIpc) is 3.07. The van der Waals surface area contributed by atoms with Gasteiger partial charge >= 0.3 is 11.9 Å². The maximum Gasteiger partial charge on any atom is 0.336 e. The molecule has 0 amide bonds. The number of ether oxygens (including phenoxy) is 5. The molecule has 4 rings (SSSR count). The van der Waals surface area contributed by atoms with Crippen LogP contribution in [0.5, 0.6) is 5.75 Å². The zero-order chi connectivity index (χ0) is 32.2. The third-order valence-corrected chi connectivity index (χ3v) is 7.95. The van der Waals surface area contributed by atoms with Crippen molar-refractivity contribution in [3.8, 4) is 5.75 Å².